The van der Waals surface area contributed by atoms with Gasteiger partial charge in [-0.1, -0.05) is 0 Å². The van der Waals surface area contributed by atoms with Crippen molar-refractivity contribution in [2.75, 3.05) is 6.54 Å². The topological polar surface area (TPSA) is 29.1 Å². The number of carbonyl (C=O) groups is 1. The monoisotopic (exact) mass is 131 g/mol. The Balaban J connectivity index is 2.39. The van der Waals surface area contributed by atoms with Crippen LogP contribution in [0.4, 0.5) is 4.39 Å². The van der Waals surface area contributed by atoms with Crippen molar-refractivity contribution in [1.29, 1.82) is 0 Å². The SMILES string of the molecule is CC(=O)[C@@H]1C[C@H](F)CN1. The Kier molecular flexibility index (Phi) is 1.81. The van der Waals surface area contributed by atoms with Gasteiger partial charge in [0.15, 0.2) is 0 Å². The van der Waals surface area contributed by atoms with Crippen LogP contribution < -0.4 is 5.32 Å². The number of alkyl halides is 1. The van der Waals surface area contributed by atoms with Crippen LogP contribution in [0.25, 0.3) is 0 Å². The number of carbonyl (C=O) groups excluding carboxylic acids is 1. The molecule has 1 N–H and O–H groups in total. The van der Waals surface area contributed by atoms with Crippen LogP contribution in [-0.4, -0.2) is 24.5 Å². The average molecular weight is 131 g/mol. The van der Waals surface area contributed by atoms with E-state index in [1.54, 1.807) is 0 Å². The van der Waals surface area contributed by atoms with Crippen LogP contribution in [0.2, 0.25) is 0 Å². The molecule has 2 atom stereocenters. The van der Waals surface area contributed by atoms with Gasteiger partial charge in [-0.25, -0.2) is 4.39 Å². The van der Waals surface area contributed by atoms with Crippen LogP contribution in [0.15, 0.2) is 0 Å². The number of hydrogen-bond acceptors (Lipinski definition) is 2. The van der Waals surface area contributed by atoms with E-state index in [1.165, 1.54) is 6.92 Å². The molecule has 0 spiro atoms. The highest BCUT2D eigenvalue weighted by Gasteiger charge is 2.26. The number of Topliss-reactive ketones (excluding diaryl/α,β-unsaturated/α-hetero) is 1. The Morgan fingerprint density at radius 3 is 2.67 bits per heavy atom. The molecule has 0 aromatic heterocycles. The lowest BCUT2D eigenvalue weighted by molar-refractivity contribution is -0.118. The van der Waals surface area contributed by atoms with Gasteiger partial charge >= 0.3 is 0 Å². The van der Waals surface area contributed by atoms with Crippen molar-refractivity contribution in [1.82, 2.24) is 5.32 Å². The zero-order valence-electron chi connectivity index (χ0n) is 5.36. The summed E-state index contributed by atoms with van der Waals surface area (Å²) in [6.45, 7) is 1.82. The minimum atomic E-state index is -0.820. The van der Waals surface area contributed by atoms with E-state index < -0.39 is 6.17 Å². The molecule has 1 aliphatic rings. The van der Waals surface area contributed by atoms with E-state index in [9.17, 15) is 9.18 Å². The highest BCUT2D eigenvalue weighted by atomic mass is 19.1. The molecule has 52 valence electrons. The number of hydrogen-bond donors (Lipinski definition) is 1. The lowest BCUT2D eigenvalue weighted by Gasteiger charge is -2.01. The molecule has 1 saturated heterocycles. The van der Waals surface area contributed by atoms with Crippen molar-refractivity contribution in [3.8, 4) is 0 Å². The molecule has 3 heteroatoms. The molecule has 0 aromatic carbocycles. The fourth-order valence-corrected chi connectivity index (χ4v) is 1.00. The van der Waals surface area contributed by atoms with Gasteiger partial charge in [-0.3, -0.25) is 4.79 Å². The summed E-state index contributed by atoms with van der Waals surface area (Å²) >= 11 is 0. The number of halogens is 1. The molecule has 1 heterocycles. The number of nitrogens with one attached hydrogen (secondary N) is 1. The summed E-state index contributed by atoms with van der Waals surface area (Å²) in [5.74, 6) is 0.0372. The highest BCUT2D eigenvalue weighted by Crippen LogP contribution is 2.09. The molecule has 0 bridgehead atoms. The Labute approximate surface area is 53.4 Å². The van der Waals surface area contributed by atoms with Crippen molar-refractivity contribution in [3.05, 3.63) is 0 Å². The maximum atomic E-state index is 12.3. The van der Waals surface area contributed by atoms with E-state index in [1.807, 2.05) is 0 Å². The van der Waals surface area contributed by atoms with Crippen LogP contribution in [0.5, 0.6) is 0 Å². The molecular formula is C6H10FNO. The lowest BCUT2D eigenvalue weighted by atomic mass is 10.1. The Morgan fingerprint density at radius 2 is 2.44 bits per heavy atom. The summed E-state index contributed by atoms with van der Waals surface area (Å²) in [6, 6.07) is -0.222. The smallest absolute Gasteiger partial charge is 0.146 e. The minimum Gasteiger partial charge on any atom is -0.304 e. The van der Waals surface area contributed by atoms with Crippen LogP contribution in [0.3, 0.4) is 0 Å². The molecule has 1 aliphatic heterocycles. The normalized spacial score (nSPS) is 34.9. The summed E-state index contributed by atoms with van der Waals surface area (Å²) < 4.78 is 12.3. The molecule has 0 unspecified atom stereocenters. The molecule has 2 nitrogen and oxygen atoms in total. The van der Waals surface area contributed by atoms with Crippen molar-refractivity contribution in [2.24, 2.45) is 0 Å². The summed E-state index contributed by atoms with van der Waals surface area (Å²) in [5.41, 5.74) is 0. The second-order valence-electron chi connectivity index (χ2n) is 2.40. The first-order valence-corrected chi connectivity index (χ1v) is 3.08. The number of rotatable bonds is 1. The predicted molar refractivity (Wildman–Crippen MR) is 32.0 cm³/mol. The third kappa shape index (κ3) is 1.48. The van der Waals surface area contributed by atoms with Crippen LogP contribution >= 0.6 is 0 Å². The highest BCUT2D eigenvalue weighted by molar-refractivity contribution is 5.81. The molecular weight excluding hydrogens is 121 g/mol. The zero-order chi connectivity index (χ0) is 6.85. The summed E-state index contributed by atoms with van der Waals surface area (Å²) in [6.07, 6.45) is -0.464. The lowest BCUT2D eigenvalue weighted by Crippen LogP contribution is -2.28. The van der Waals surface area contributed by atoms with Gasteiger partial charge in [-0.15, -0.1) is 0 Å². The molecule has 0 amide bonds. The third-order valence-corrected chi connectivity index (χ3v) is 1.57. The zero-order valence-corrected chi connectivity index (χ0v) is 5.36. The van der Waals surface area contributed by atoms with E-state index in [0.29, 0.717) is 13.0 Å². The first-order valence-electron chi connectivity index (χ1n) is 3.08. The third-order valence-electron chi connectivity index (χ3n) is 1.57. The molecule has 0 aromatic rings. The molecule has 0 saturated carbocycles. The predicted octanol–water partition coefficient (Wildman–Crippen LogP) is 0.275. The Bertz CT molecular complexity index is 126. The van der Waals surface area contributed by atoms with Gasteiger partial charge in [0, 0.05) is 13.0 Å². The second kappa shape index (κ2) is 2.43. The fraction of sp³-hybridized carbons (Fsp3) is 0.833. The van der Waals surface area contributed by atoms with Crippen molar-refractivity contribution in [2.45, 2.75) is 25.6 Å². The standard InChI is InChI=1S/C6H10FNO/c1-4(9)6-2-5(7)3-8-6/h5-6,8H,2-3H2,1H3/t5-,6-/m0/s1. The molecule has 0 aliphatic carbocycles. The Morgan fingerprint density at radius 1 is 1.78 bits per heavy atom. The van der Waals surface area contributed by atoms with E-state index in [2.05, 4.69) is 5.32 Å². The van der Waals surface area contributed by atoms with E-state index >= 15 is 0 Å². The van der Waals surface area contributed by atoms with Crippen LogP contribution in [-0.2, 0) is 4.79 Å². The average Bonchev–Trinajstić information content (AvgIpc) is 2.14. The largest absolute Gasteiger partial charge is 0.304 e. The molecule has 0 radical (unpaired) electrons. The van der Waals surface area contributed by atoms with E-state index in [0.717, 1.165) is 0 Å². The fourth-order valence-electron chi connectivity index (χ4n) is 1.00. The van der Waals surface area contributed by atoms with Gasteiger partial charge in [0.2, 0.25) is 0 Å². The van der Waals surface area contributed by atoms with E-state index in [4.69, 9.17) is 0 Å². The maximum Gasteiger partial charge on any atom is 0.146 e. The summed E-state index contributed by atoms with van der Waals surface area (Å²) in [7, 11) is 0. The minimum absolute atomic E-state index is 0.0372. The maximum absolute atomic E-state index is 12.3. The van der Waals surface area contributed by atoms with Crippen LogP contribution in [0, 0.1) is 0 Å². The molecule has 9 heavy (non-hydrogen) atoms. The van der Waals surface area contributed by atoms with Crippen molar-refractivity contribution >= 4 is 5.78 Å². The molecule has 1 rings (SSSR count). The van der Waals surface area contributed by atoms with Gasteiger partial charge in [-0.2, -0.15) is 0 Å². The first kappa shape index (κ1) is 6.68. The van der Waals surface area contributed by atoms with Gasteiger partial charge in [0.25, 0.3) is 0 Å². The second-order valence-corrected chi connectivity index (χ2v) is 2.40. The van der Waals surface area contributed by atoms with Gasteiger partial charge in [0.05, 0.1) is 6.04 Å². The van der Waals surface area contributed by atoms with Crippen molar-refractivity contribution < 1.29 is 9.18 Å². The van der Waals surface area contributed by atoms with Crippen molar-refractivity contribution in [3.63, 3.8) is 0 Å². The first-order chi connectivity index (χ1) is 4.20. The quantitative estimate of drug-likeness (QED) is 0.553. The van der Waals surface area contributed by atoms with E-state index in [-0.39, 0.29) is 11.8 Å². The molecule has 1 fully saturated rings. The Hall–Kier alpha value is -0.440. The number of ketones is 1. The van der Waals surface area contributed by atoms with Gasteiger partial charge in [0.1, 0.15) is 12.0 Å². The van der Waals surface area contributed by atoms with Crippen LogP contribution in [0.1, 0.15) is 13.3 Å². The van der Waals surface area contributed by atoms with Gasteiger partial charge < -0.3 is 5.32 Å². The summed E-state index contributed by atoms with van der Waals surface area (Å²) in [4.78, 5) is 10.6. The van der Waals surface area contributed by atoms with Gasteiger partial charge in [-0.05, 0) is 6.92 Å². The summed E-state index contributed by atoms with van der Waals surface area (Å²) in [5, 5.41) is 2.78.